The zero-order valence-corrected chi connectivity index (χ0v) is 14.5. The summed E-state index contributed by atoms with van der Waals surface area (Å²) in [6, 6.07) is 10.8. The van der Waals surface area contributed by atoms with Crippen LogP contribution >= 0.6 is 0 Å². The van der Waals surface area contributed by atoms with E-state index in [-0.39, 0.29) is 22.8 Å². The molecular formula is C19H14N4O4. The zero-order chi connectivity index (χ0) is 19.6. The van der Waals surface area contributed by atoms with Crippen LogP contribution in [0.15, 0.2) is 48.8 Å². The number of aryl methyl sites for hydroxylation is 2. The minimum Gasteiger partial charge on any atom is -0.450 e. The number of imidazole rings is 1. The van der Waals surface area contributed by atoms with Gasteiger partial charge < -0.3 is 9.30 Å². The number of nitro groups is 1. The van der Waals surface area contributed by atoms with Crippen molar-refractivity contribution in [2.45, 2.75) is 6.92 Å². The van der Waals surface area contributed by atoms with Crippen molar-refractivity contribution in [2.24, 2.45) is 7.05 Å². The Balaban J connectivity index is 1.98. The van der Waals surface area contributed by atoms with Crippen molar-refractivity contribution in [3.63, 3.8) is 0 Å². The fourth-order valence-corrected chi connectivity index (χ4v) is 2.55. The predicted octanol–water partition coefficient (Wildman–Crippen LogP) is 3.53. The number of nitrogens with zero attached hydrogens (tertiary/aromatic N) is 4. The van der Waals surface area contributed by atoms with Crippen molar-refractivity contribution in [3.05, 3.63) is 81.4 Å². The van der Waals surface area contributed by atoms with Crippen LogP contribution in [0.3, 0.4) is 0 Å². The molecule has 3 aromatic rings. The van der Waals surface area contributed by atoms with Crippen LogP contribution in [0.5, 0.6) is 11.5 Å². The zero-order valence-electron chi connectivity index (χ0n) is 14.5. The molecule has 134 valence electrons. The first-order valence-electron chi connectivity index (χ1n) is 7.89. The Bertz CT molecular complexity index is 1100. The fourth-order valence-electron chi connectivity index (χ4n) is 2.55. The van der Waals surface area contributed by atoms with E-state index in [9.17, 15) is 14.9 Å². The molecule has 0 amide bonds. The summed E-state index contributed by atoms with van der Waals surface area (Å²) in [6.07, 6.45) is 3.10. The maximum Gasteiger partial charge on any atom is 0.312 e. The number of nitro benzene ring substituents is 1. The number of rotatable bonds is 5. The Hall–Kier alpha value is -3.99. The van der Waals surface area contributed by atoms with E-state index in [0.717, 1.165) is 0 Å². The second kappa shape index (κ2) is 7.09. The number of ketones is 1. The third kappa shape index (κ3) is 3.52. The molecule has 0 saturated heterocycles. The van der Waals surface area contributed by atoms with Gasteiger partial charge in [-0.05, 0) is 42.8 Å². The van der Waals surface area contributed by atoms with E-state index < -0.39 is 10.7 Å². The van der Waals surface area contributed by atoms with Crippen molar-refractivity contribution in [1.82, 2.24) is 9.55 Å². The van der Waals surface area contributed by atoms with E-state index in [1.54, 1.807) is 42.9 Å². The smallest absolute Gasteiger partial charge is 0.312 e. The molecule has 2 aromatic carbocycles. The van der Waals surface area contributed by atoms with Gasteiger partial charge in [0.2, 0.25) is 11.5 Å². The quantitative estimate of drug-likeness (QED) is 0.390. The predicted molar refractivity (Wildman–Crippen MR) is 95.7 cm³/mol. The highest BCUT2D eigenvalue weighted by Gasteiger charge is 2.22. The number of hydrogen-bond donors (Lipinski definition) is 0. The number of aromatic nitrogens is 2. The van der Waals surface area contributed by atoms with Crippen molar-refractivity contribution in [1.29, 1.82) is 5.26 Å². The standard InChI is InChI=1S/C19H14N4O4/c1-12-9-13(11-20)3-5-16(12)27-17-6-4-14(10-15(17)23(25)26)18(24)19-21-7-8-22(19)2/h3-10H,1-2H3. The van der Waals surface area contributed by atoms with Gasteiger partial charge in [0, 0.05) is 31.1 Å². The molecule has 1 aromatic heterocycles. The maximum atomic E-state index is 12.5. The van der Waals surface area contributed by atoms with Crippen LogP contribution in [0.2, 0.25) is 0 Å². The van der Waals surface area contributed by atoms with Crippen LogP contribution in [0.25, 0.3) is 0 Å². The normalized spacial score (nSPS) is 10.3. The summed E-state index contributed by atoms with van der Waals surface area (Å²) in [7, 11) is 1.67. The second-order valence-corrected chi connectivity index (χ2v) is 5.82. The molecule has 8 heteroatoms. The molecule has 0 radical (unpaired) electrons. The molecule has 0 aliphatic rings. The lowest BCUT2D eigenvalue weighted by atomic mass is 10.1. The van der Waals surface area contributed by atoms with E-state index in [0.29, 0.717) is 16.9 Å². The minimum absolute atomic E-state index is 0.00389. The van der Waals surface area contributed by atoms with Crippen LogP contribution in [0, 0.1) is 28.4 Å². The van der Waals surface area contributed by atoms with Gasteiger partial charge in [0.1, 0.15) is 5.75 Å². The van der Waals surface area contributed by atoms with Crippen LogP contribution in [0.4, 0.5) is 5.69 Å². The number of benzene rings is 2. The first-order chi connectivity index (χ1) is 12.9. The van der Waals surface area contributed by atoms with Gasteiger partial charge in [-0.25, -0.2) is 4.98 Å². The van der Waals surface area contributed by atoms with Gasteiger partial charge in [-0.15, -0.1) is 0 Å². The molecule has 0 N–H and O–H groups in total. The SMILES string of the molecule is Cc1cc(C#N)ccc1Oc1ccc(C(=O)c2nccn2C)cc1[N+](=O)[O-]. The number of hydrogen-bond acceptors (Lipinski definition) is 6. The summed E-state index contributed by atoms with van der Waals surface area (Å²) in [5.74, 6) is 0.150. The monoisotopic (exact) mass is 362 g/mol. The maximum absolute atomic E-state index is 12.5. The summed E-state index contributed by atoms with van der Waals surface area (Å²) in [5, 5.41) is 20.4. The van der Waals surface area contributed by atoms with Crippen LogP contribution < -0.4 is 4.74 Å². The molecule has 8 nitrogen and oxygen atoms in total. The highest BCUT2D eigenvalue weighted by Crippen LogP contribution is 2.34. The van der Waals surface area contributed by atoms with E-state index in [2.05, 4.69) is 4.98 Å². The summed E-state index contributed by atoms with van der Waals surface area (Å²) >= 11 is 0. The van der Waals surface area contributed by atoms with Gasteiger partial charge in [0.05, 0.1) is 16.6 Å². The third-order valence-electron chi connectivity index (χ3n) is 3.97. The lowest BCUT2D eigenvalue weighted by Gasteiger charge is -2.10. The number of carbonyl (C=O) groups excluding carboxylic acids is 1. The summed E-state index contributed by atoms with van der Waals surface area (Å²) in [4.78, 5) is 27.4. The molecular weight excluding hydrogens is 348 g/mol. The highest BCUT2D eigenvalue weighted by atomic mass is 16.6. The topological polar surface area (TPSA) is 111 Å². The van der Waals surface area contributed by atoms with Gasteiger partial charge in [0.25, 0.3) is 0 Å². The first-order valence-corrected chi connectivity index (χ1v) is 7.89. The van der Waals surface area contributed by atoms with Crippen LogP contribution in [0.1, 0.15) is 27.3 Å². The number of carbonyl (C=O) groups is 1. The molecule has 3 rings (SSSR count). The van der Waals surface area contributed by atoms with Crippen molar-refractivity contribution in [2.75, 3.05) is 0 Å². The molecule has 0 fully saturated rings. The fraction of sp³-hybridized carbons (Fsp3) is 0.105. The Morgan fingerprint density at radius 2 is 2.00 bits per heavy atom. The van der Waals surface area contributed by atoms with Crippen LogP contribution in [-0.2, 0) is 7.05 Å². The van der Waals surface area contributed by atoms with Crippen molar-refractivity contribution >= 4 is 11.5 Å². The minimum atomic E-state index is -0.608. The van der Waals surface area contributed by atoms with Crippen molar-refractivity contribution < 1.29 is 14.5 Å². The Labute approximate surface area is 154 Å². The Morgan fingerprint density at radius 3 is 2.59 bits per heavy atom. The molecule has 27 heavy (non-hydrogen) atoms. The van der Waals surface area contributed by atoms with E-state index in [4.69, 9.17) is 10.00 Å². The lowest BCUT2D eigenvalue weighted by Crippen LogP contribution is -2.09. The van der Waals surface area contributed by atoms with Gasteiger partial charge >= 0.3 is 5.69 Å². The molecule has 1 heterocycles. The lowest BCUT2D eigenvalue weighted by molar-refractivity contribution is -0.385. The highest BCUT2D eigenvalue weighted by molar-refractivity contribution is 6.07. The van der Waals surface area contributed by atoms with E-state index >= 15 is 0 Å². The molecule has 0 aliphatic carbocycles. The molecule has 0 aliphatic heterocycles. The van der Waals surface area contributed by atoms with Gasteiger partial charge in [-0.3, -0.25) is 14.9 Å². The van der Waals surface area contributed by atoms with E-state index in [1.165, 1.54) is 24.4 Å². The van der Waals surface area contributed by atoms with Crippen molar-refractivity contribution in [3.8, 4) is 17.6 Å². The Kier molecular flexibility index (Phi) is 4.68. The molecule has 0 bridgehead atoms. The van der Waals surface area contributed by atoms with Gasteiger partial charge in [0.15, 0.2) is 5.82 Å². The average molecular weight is 362 g/mol. The number of nitriles is 1. The average Bonchev–Trinajstić information content (AvgIpc) is 3.08. The molecule has 0 atom stereocenters. The molecule has 0 unspecified atom stereocenters. The third-order valence-corrected chi connectivity index (χ3v) is 3.97. The summed E-state index contributed by atoms with van der Waals surface area (Å²) in [5.41, 5.74) is 0.931. The number of ether oxygens (including phenoxy) is 1. The largest absolute Gasteiger partial charge is 0.450 e. The molecule has 0 saturated carbocycles. The van der Waals surface area contributed by atoms with Gasteiger partial charge in [-0.1, -0.05) is 0 Å². The Morgan fingerprint density at radius 1 is 1.26 bits per heavy atom. The van der Waals surface area contributed by atoms with E-state index in [1.807, 2.05) is 6.07 Å². The van der Waals surface area contributed by atoms with Gasteiger partial charge in [-0.2, -0.15) is 5.26 Å². The summed E-state index contributed by atoms with van der Waals surface area (Å²) < 4.78 is 7.21. The van der Waals surface area contributed by atoms with Crippen LogP contribution in [-0.4, -0.2) is 20.3 Å². The first kappa shape index (κ1) is 17.8. The summed E-state index contributed by atoms with van der Waals surface area (Å²) in [6.45, 7) is 1.74. The molecule has 0 spiro atoms. The second-order valence-electron chi connectivity index (χ2n) is 5.82.